The van der Waals surface area contributed by atoms with Gasteiger partial charge < -0.3 is 10.1 Å². The summed E-state index contributed by atoms with van der Waals surface area (Å²) < 4.78 is 3.86. The van der Waals surface area contributed by atoms with Crippen molar-refractivity contribution in [2.75, 3.05) is 14.2 Å². The summed E-state index contributed by atoms with van der Waals surface area (Å²) in [7, 11) is 2.96. The average molecular weight is 150 g/mol. The van der Waals surface area contributed by atoms with Gasteiger partial charge in [0, 0.05) is 7.05 Å². The van der Waals surface area contributed by atoms with Gasteiger partial charge in [-0.3, -0.25) is 10.2 Å². The fourth-order valence-electron chi connectivity index (χ4n) is 0. The van der Waals surface area contributed by atoms with E-state index in [9.17, 15) is 0 Å². The van der Waals surface area contributed by atoms with Crippen LogP contribution in [-0.4, -0.2) is 25.8 Å². The van der Waals surface area contributed by atoms with Gasteiger partial charge in [0.05, 0.1) is 7.11 Å². The molecule has 0 fully saturated rings. The predicted octanol–water partition coefficient (Wildman–Crippen LogP) is -0.140. The maximum absolute atomic E-state index is 8.95. The lowest BCUT2D eigenvalue weighted by atomic mass is 11.2. The summed E-state index contributed by atoms with van der Waals surface area (Å²) in [6, 6.07) is 0. The molecule has 0 rings (SSSR count). The van der Waals surface area contributed by atoms with Gasteiger partial charge in [-0.15, -0.1) is 12.6 Å². The molecular formula is C4H10N2O2S. The Morgan fingerprint density at radius 3 is 2.11 bits per heavy atom. The SMILES string of the molecule is CNC(=N)S.COC=O. The topological polar surface area (TPSA) is 62.2 Å². The number of ether oxygens (including phenoxy) is 1. The van der Waals surface area contributed by atoms with Crippen LogP contribution in [0.5, 0.6) is 0 Å². The molecule has 0 aliphatic carbocycles. The molecule has 0 aromatic carbocycles. The second-order valence-corrected chi connectivity index (χ2v) is 1.38. The van der Waals surface area contributed by atoms with Crippen LogP contribution in [0.25, 0.3) is 0 Å². The fourth-order valence-corrected chi connectivity index (χ4v) is 0. The molecule has 0 saturated heterocycles. The van der Waals surface area contributed by atoms with E-state index in [0.29, 0.717) is 6.47 Å². The molecule has 0 heterocycles. The molecular weight excluding hydrogens is 140 g/mol. The lowest BCUT2D eigenvalue weighted by Crippen LogP contribution is -2.08. The molecule has 9 heavy (non-hydrogen) atoms. The average Bonchev–Trinajstić information content (AvgIpc) is 1.89. The molecule has 0 atom stereocenters. The van der Waals surface area contributed by atoms with Crippen LogP contribution in [0.3, 0.4) is 0 Å². The first-order valence-corrected chi connectivity index (χ1v) is 2.55. The van der Waals surface area contributed by atoms with Gasteiger partial charge in [-0.05, 0) is 0 Å². The standard InChI is InChI=1S/C2H6N2S.C2H4O2/c1-4-2(3)5;1-4-2-3/h1H3,(H3,3,4,5);2H,1H3. The van der Waals surface area contributed by atoms with Crippen molar-refractivity contribution in [3.8, 4) is 0 Å². The van der Waals surface area contributed by atoms with E-state index in [1.165, 1.54) is 7.11 Å². The van der Waals surface area contributed by atoms with Crippen molar-refractivity contribution in [1.29, 1.82) is 5.41 Å². The lowest BCUT2D eigenvalue weighted by Gasteiger charge is -1.83. The maximum Gasteiger partial charge on any atom is 0.292 e. The van der Waals surface area contributed by atoms with Crippen molar-refractivity contribution in [1.82, 2.24) is 5.32 Å². The number of carbonyl (C=O) groups is 1. The van der Waals surface area contributed by atoms with Crippen LogP contribution in [0.4, 0.5) is 0 Å². The summed E-state index contributed by atoms with van der Waals surface area (Å²) in [4.78, 5) is 8.95. The van der Waals surface area contributed by atoms with E-state index in [4.69, 9.17) is 10.2 Å². The van der Waals surface area contributed by atoms with Gasteiger partial charge in [0.15, 0.2) is 0 Å². The third kappa shape index (κ3) is 38.9. The van der Waals surface area contributed by atoms with E-state index in [2.05, 4.69) is 22.7 Å². The van der Waals surface area contributed by atoms with Gasteiger partial charge in [-0.25, -0.2) is 0 Å². The molecule has 5 heteroatoms. The minimum absolute atomic E-state index is 0.199. The Hall–Kier alpha value is -0.710. The Bertz CT molecular complexity index is 86.6. The molecule has 0 amide bonds. The van der Waals surface area contributed by atoms with Crippen molar-refractivity contribution in [3.63, 3.8) is 0 Å². The summed E-state index contributed by atoms with van der Waals surface area (Å²) >= 11 is 3.57. The summed E-state index contributed by atoms with van der Waals surface area (Å²) in [6.07, 6.45) is 0. The molecule has 0 aromatic rings. The predicted molar refractivity (Wildman–Crippen MR) is 38.8 cm³/mol. The van der Waals surface area contributed by atoms with Crippen LogP contribution in [0.1, 0.15) is 0 Å². The van der Waals surface area contributed by atoms with E-state index in [1.54, 1.807) is 7.05 Å². The van der Waals surface area contributed by atoms with Crippen molar-refractivity contribution < 1.29 is 9.53 Å². The van der Waals surface area contributed by atoms with Crippen LogP contribution in [0, 0.1) is 5.41 Å². The first-order valence-electron chi connectivity index (χ1n) is 2.10. The minimum Gasteiger partial charge on any atom is -0.471 e. The zero-order valence-electron chi connectivity index (χ0n) is 5.34. The first-order chi connectivity index (χ1) is 4.18. The molecule has 4 nitrogen and oxygen atoms in total. The number of thiol groups is 1. The molecule has 0 bridgehead atoms. The smallest absolute Gasteiger partial charge is 0.292 e. The molecule has 0 aliphatic heterocycles. The molecule has 54 valence electrons. The Labute approximate surface area is 59.5 Å². The third-order valence-electron chi connectivity index (χ3n) is 0.333. The number of hydrogen-bond donors (Lipinski definition) is 3. The quantitative estimate of drug-likeness (QED) is 0.211. The second-order valence-electron chi connectivity index (χ2n) is 0.931. The van der Waals surface area contributed by atoms with Crippen LogP contribution >= 0.6 is 12.6 Å². The van der Waals surface area contributed by atoms with Gasteiger partial charge in [0.25, 0.3) is 6.47 Å². The van der Waals surface area contributed by atoms with Gasteiger partial charge in [-0.2, -0.15) is 0 Å². The molecule has 0 radical (unpaired) electrons. The van der Waals surface area contributed by atoms with Crippen LogP contribution in [0.15, 0.2) is 0 Å². The number of nitrogens with one attached hydrogen (secondary N) is 2. The monoisotopic (exact) mass is 150 g/mol. The molecule has 0 unspecified atom stereocenters. The molecule has 0 aromatic heterocycles. The Morgan fingerprint density at radius 1 is 1.89 bits per heavy atom. The van der Waals surface area contributed by atoms with Gasteiger partial charge >= 0.3 is 0 Å². The number of amidine groups is 1. The van der Waals surface area contributed by atoms with E-state index < -0.39 is 0 Å². The molecule has 0 spiro atoms. The van der Waals surface area contributed by atoms with Crippen LogP contribution < -0.4 is 5.32 Å². The van der Waals surface area contributed by atoms with Crippen molar-refractivity contribution in [3.05, 3.63) is 0 Å². The highest BCUT2D eigenvalue weighted by Gasteiger charge is 1.67. The number of methoxy groups -OCH3 is 1. The lowest BCUT2D eigenvalue weighted by molar-refractivity contribution is -0.126. The Morgan fingerprint density at radius 2 is 2.11 bits per heavy atom. The second kappa shape index (κ2) is 10.3. The van der Waals surface area contributed by atoms with Gasteiger partial charge in [0.1, 0.15) is 5.17 Å². The highest BCUT2D eigenvalue weighted by molar-refractivity contribution is 7.96. The van der Waals surface area contributed by atoms with E-state index >= 15 is 0 Å². The summed E-state index contributed by atoms with van der Waals surface area (Å²) in [5.41, 5.74) is 0. The molecule has 0 saturated carbocycles. The van der Waals surface area contributed by atoms with Crippen LogP contribution in [0.2, 0.25) is 0 Å². The maximum atomic E-state index is 8.95. The van der Waals surface area contributed by atoms with E-state index in [0.717, 1.165) is 0 Å². The fraction of sp³-hybridized carbons (Fsp3) is 0.500. The number of hydrogen-bond acceptors (Lipinski definition) is 3. The van der Waals surface area contributed by atoms with E-state index in [1.807, 2.05) is 0 Å². The van der Waals surface area contributed by atoms with Crippen molar-refractivity contribution in [2.24, 2.45) is 0 Å². The summed E-state index contributed by atoms with van der Waals surface area (Å²) in [5.74, 6) is 0. The van der Waals surface area contributed by atoms with Gasteiger partial charge in [-0.1, -0.05) is 0 Å². The normalized spacial score (nSPS) is 6.11. The van der Waals surface area contributed by atoms with E-state index in [-0.39, 0.29) is 5.17 Å². The number of carbonyl (C=O) groups excluding carboxylic acids is 1. The largest absolute Gasteiger partial charge is 0.471 e. The highest BCUT2D eigenvalue weighted by atomic mass is 32.1. The van der Waals surface area contributed by atoms with Gasteiger partial charge in [0.2, 0.25) is 0 Å². The minimum atomic E-state index is 0.199. The zero-order chi connectivity index (χ0) is 7.70. The summed E-state index contributed by atoms with van der Waals surface area (Å²) in [6.45, 7) is 0.375. The number of rotatable bonds is 1. The highest BCUT2D eigenvalue weighted by Crippen LogP contribution is 1.63. The van der Waals surface area contributed by atoms with Crippen molar-refractivity contribution in [2.45, 2.75) is 0 Å². The Balaban J connectivity index is 0. The molecule has 0 aliphatic rings. The first kappa shape index (κ1) is 11.1. The molecule has 2 N–H and O–H groups in total. The van der Waals surface area contributed by atoms with Crippen LogP contribution in [-0.2, 0) is 9.53 Å². The van der Waals surface area contributed by atoms with Crippen molar-refractivity contribution >= 4 is 24.3 Å². The third-order valence-corrected chi connectivity index (χ3v) is 0.557. The Kier molecular flexibility index (Phi) is 12.8. The summed E-state index contributed by atoms with van der Waals surface area (Å²) in [5, 5.41) is 9.17. The zero-order valence-corrected chi connectivity index (χ0v) is 6.24.